The van der Waals surface area contributed by atoms with E-state index < -0.39 is 12.6 Å². The van der Waals surface area contributed by atoms with Gasteiger partial charge in [-0.25, -0.2) is 0 Å². The monoisotopic (exact) mass is 247 g/mol. The van der Waals surface area contributed by atoms with E-state index in [2.05, 4.69) is 5.32 Å². The highest BCUT2D eigenvalue weighted by molar-refractivity contribution is 5.30. The quantitative estimate of drug-likeness (QED) is 0.862. The number of methoxy groups -OCH3 is 1. The summed E-state index contributed by atoms with van der Waals surface area (Å²) >= 11 is 0. The summed E-state index contributed by atoms with van der Waals surface area (Å²) in [6.07, 6.45) is -4.89. The van der Waals surface area contributed by atoms with Crippen LogP contribution in [0.1, 0.15) is 24.4 Å². The van der Waals surface area contributed by atoms with Crippen LogP contribution >= 0.6 is 0 Å². The summed E-state index contributed by atoms with van der Waals surface area (Å²) in [5.41, 5.74) is 0.802. The van der Waals surface area contributed by atoms with Gasteiger partial charge >= 0.3 is 6.18 Å². The van der Waals surface area contributed by atoms with Crippen molar-refractivity contribution in [1.82, 2.24) is 5.32 Å². The standard InChI is InChI=1S/C12H16F3NO/c1-16-11(6-7-12(13,14)15)9-4-3-5-10(8-9)17-2/h3-5,8,11,16H,6-7H2,1-2H3. The van der Waals surface area contributed by atoms with E-state index in [1.807, 2.05) is 0 Å². The molecule has 1 unspecified atom stereocenters. The zero-order valence-electron chi connectivity index (χ0n) is 9.84. The highest BCUT2D eigenvalue weighted by atomic mass is 19.4. The Morgan fingerprint density at radius 3 is 2.59 bits per heavy atom. The molecule has 0 saturated carbocycles. The fourth-order valence-corrected chi connectivity index (χ4v) is 1.64. The van der Waals surface area contributed by atoms with Gasteiger partial charge in [0.15, 0.2) is 0 Å². The first-order valence-electron chi connectivity index (χ1n) is 5.34. The van der Waals surface area contributed by atoms with Gasteiger partial charge in [-0.1, -0.05) is 12.1 Å². The first kappa shape index (κ1) is 13.8. The molecular formula is C12H16F3NO. The lowest BCUT2D eigenvalue weighted by molar-refractivity contribution is -0.136. The summed E-state index contributed by atoms with van der Waals surface area (Å²) in [7, 11) is 3.18. The van der Waals surface area contributed by atoms with Crippen molar-refractivity contribution in [2.24, 2.45) is 0 Å². The number of rotatable bonds is 5. The predicted octanol–water partition coefficient (Wildman–Crippen LogP) is 3.30. The van der Waals surface area contributed by atoms with Crippen LogP contribution in [0.5, 0.6) is 5.75 Å². The Bertz CT molecular complexity index is 352. The molecule has 1 atom stereocenters. The average Bonchev–Trinajstić information content (AvgIpc) is 2.29. The summed E-state index contributed by atoms with van der Waals surface area (Å²) in [4.78, 5) is 0. The molecule has 0 amide bonds. The molecule has 17 heavy (non-hydrogen) atoms. The van der Waals surface area contributed by atoms with E-state index in [4.69, 9.17) is 4.74 Å². The largest absolute Gasteiger partial charge is 0.497 e. The lowest BCUT2D eigenvalue weighted by atomic mass is 10.0. The Morgan fingerprint density at radius 2 is 2.06 bits per heavy atom. The highest BCUT2D eigenvalue weighted by Gasteiger charge is 2.28. The van der Waals surface area contributed by atoms with Crippen LogP contribution in [-0.2, 0) is 0 Å². The number of alkyl halides is 3. The average molecular weight is 247 g/mol. The Labute approximate surface area is 98.8 Å². The Balaban J connectivity index is 2.72. The molecule has 0 spiro atoms. The molecule has 0 aliphatic carbocycles. The van der Waals surface area contributed by atoms with Crippen LogP contribution < -0.4 is 10.1 Å². The van der Waals surface area contributed by atoms with Crippen LogP contribution in [0.25, 0.3) is 0 Å². The summed E-state index contributed by atoms with van der Waals surface area (Å²) in [5, 5.41) is 2.89. The molecule has 0 heterocycles. The molecule has 0 bridgehead atoms. The summed E-state index contributed by atoms with van der Waals surface area (Å²) < 4.78 is 41.5. The maximum absolute atomic E-state index is 12.2. The SMILES string of the molecule is CNC(CCC(F)(F)F)c1cccc(OC)c1. The molecule has 0 aliphatic heterocycles. The Morgan fingerprint density at radius 1 is 1.35 bits per heavy atom. The molecule has 5 heteroatoms. The number of ether oxygens (including phenoxy) is 1. The van der Waals surface area contributed by atoms with Gasteiger partial charge in [0, 0.05) is 12.5 Å². The second-order valence-corrected chi connectivity index (χ2v) is 3.77. The van der Waals surface area contributed by atoms with E-state index in [9.17, 15) is 13.2 Å². The third-order valence-corrected chi connectivity index (χ3v) is 2.56. The van der Waals surface area contributed by atoms with Crippen molar-refractivity contribution in [1.29, 1.82) is 0 Å². The highest BCUT2D eigenvalue weighted by Crippen LogP contribution is 2.28. The van der Waals surface area contributed by atoms with Gasteiger partial charge in [0.25, 0.3) is 0 Å². The van der Waals surface area contributed by atoms with E-state index in [0.29, 0.717) is 5.75 Å². The Kier molecular flexibility index (Phi) is 4.81. The molecular weight excluding hydrogens is 231 g/mol. The van der Waals surface area contributed by atoms with Gasteiger partial charge < -0.3 is 10.1 Å². The molecule has 0 fully saturated rings. The zero-order chi connectivity index (χ0) is 12.9. The van der Waals surface area contributed by atoms with Gasteiger partial charge in [-0.2, -0.15) is 13.2 Å². The summed E-state index contributed by atoms with van der Waals surface area (Å²) in [5.74, 6) is 0.648. The number of benzene rings is 1. The third-order valence-electron chi connectivity index (χ3n) is 2.56. The minimum absolute atomic E-state index is 0.0210. The molecule has 0 saturated heterocycles. The van der Waals surface area contributed by atoms with E-state index in [1.54, 1.807) is 31.3 Å². The second-order valence-electron chi connectivity index (χ2n) is 3.77. The van der Waals surface area contributed by atoms with E-state index in [0.717, 1.165) is 5.56 Å². The summed E-state index contributed by atoms with van der Waals surface area (Å²) in [6, 6.07) is 6.76. The first-order valence-corrected chi connectivity index (χ1v) is 5.34. The van der Waals surface area contributed by atoms with Crippen molar-refractivity contribution in [3.63, 3.8) is 0 Å². The molecule has 0 aromatic heterocycles. The van der Waals surface area contributed by atoms with Gasteiger partial charge in [-0.15, -0.1) is 0 Å². The minimum atomic E-state index is -4.12. The maximum Gasteiger partial charge on any atom is 0.389 e. The van der Waals surface area contributed by atoms with E-state index >= 15 is 0 Å². The van der Waals surface area contributed by atoms with E-state index in [1.165, 1.54) is 7.11 Å². The lowest BCUT2D eigenvalue weighted by Gasteiger charge is -2.18. The van der Waals surface area contributed by atoms with E-state index in [-0.39, 0.29) is 12.5 Å². The molecule has 1 N–H and O–H groups in total. The molecule has 1 rings (SSSR count). The molecule has 0 aliphatic rings. The van der Waals surface area contributed by atoms with Gasteiger partial charge in [0.1, 0.15) is 5.75 Å². The first-order chi connectivity index (χ1) is 7.96. The van der Waals surface area contributed by atoms with Crippen molar-refractivity contribution in [2.45, 2.75) is 25.1 Å². The van der Waals surface area contributed by atoms with Crippen molar-refractivity contribution in [3.8, 4) is 5.75 Å². The van der Waals surface area contributed by atoms with Crippen molar-refractivity contribution >= 4 is 0 Å². The fourth-order valence-electron chi connectivity index (χ4n) is 1.64. The second kappa shape index (κ2) is 5.91. The molecule has 1 aromatic carbocycles. The van der Waals surface area contributed by atoms with Crippen molar-refractivity contribution in [2.75, 3.05) is 14.2 Å². The van der Waals surface area contributed by atoms with Crippen LogP contribution in [0.3, 0.4) is 0 Å². The minimum Gasteiger partial charge on any atom is -0.497 e. The fraction of sp³-hybridized carbons (Fsp3) is 0.500. The van der Waals surface area contributed by atoms with Crippen molar-refractivity contribution in [3.05, 3.63) is 29.8 Å². The van der Waals surface area contributed by atoms with Crippen LogP contribution in [0.15, 0.2) is 24.3 Å². The lowest BCUT2D eigenvalue weighted by Crippen LogP contribution is -2.19. The smallest absolute Gasteiger partial charge is 0.389 e. The van der Waals surface area contributed by atoms with Gasteiger partial charge in [0.2, 0.25) is 0 Å². The zero-order valence-corrected chi connectivity index (χ0v) is 9.84. The number of hydrogen-bond donors (Lipinski definition) is 1. The molecule has 1 aromatic rings. The van der Waals surface area contributed by atoms with Crippen LogP contribution in [0, 0.1) is 0 Å². The third kappa shape index (κ3) is 4.65. The number of hydrogen-bond acceptors (Lipinski definition) is 2. The summed E-state index contributed by atoms with van der Waals surface area (Å²) in [6.45, 7) is 0. The van der Waals surface area contributed by atoms with Gasteiger partial charge in [0.05, 0.1) is 7.11 Å². The van der Waals surface area contributed by atoms with Crippen LogP contribution in [0.4, 0.5) is 13.2 Å². The van der Waals surface area contributed by atoms with Crippen molar-refractivity contribution < 1.29 is 17.9 Å². The Hall–Kier alpha value is -1.23. The van der Waals surface area contributed by atoms with Crippen LogP contribution in [-0.4, -0.2) is 20.3 Å². The number of halogens is 3. The van der Waals surface area contributed by atoms with Gasteiger partial charge in [-0.05, 0) is 31.2 Å². The predicted molar refractivity (Wildman–Crippen MR) is 60.1 cm³/mol. The van der Waals surface area contributed by atoms with Gasteiger partial charge in [-0.3, -0.25) is 0 Å². The normalized spacial score (nSPS) is 13.5. The van der Waals surface area contributed by atoms with Crippen LogP contribution in [0.2, 0.25) is 0 Å². The topological polar surface area (TPSA) is 21.3 Å². The number of nitrogens with one attached hydrogen (secondary N) is 1. The molecule has 2 nitrogen and oxygen atoms in total. The molecule has 0 radical (unpaired) electrons. The maximum atomic E-state index is 12.2. The molecule has 96 valence electrons.